The second-order valence-electron chi connectivity index (χ2n) is 5.97. The fraction of sp³-hybridized carbons (Fsp3) is 0.111. The number of carbonyl (C=O) groups excluding carboxylic acids is 2. The minimum absolute atomic E-state index is 0.163. The molecule has 28 heavy (non-hydrogen) atoms. The molecule has 3 N–H and O–H groups in total. The number of halogens is 2. The van der Waals surface area contributed by atoms with Gasteiger partial charge in [-0.1, -0.05) is 35.3 Å². The zero-order valence-electron chi connectivity index (χ0n) is 14.5. The first-order valence-corrected chi connectivity index (χ1v) is 8.81. The van der Waals surface area contributed by atoms with Crippen molar-refractivity contribution in [2.45, 2.75) is 13.0 Å². The highest BCUT2D eigenvalue weighted by atomic mass is 35.5. The number of nitro groups is 1. The van der Waals surface area contributed by atoms with Crippen molar-refractivity contribution < 1.29 is 14.5 Å². The van der Waals surface area contributed by atoms with Crippen LogP contribution in [-0.4, -0.2) is 16.9 Å². The third-order valence-electron chi connectivity index (χ3n) is 4.12. The van der Waals surface area contributed by atoms with E-state index < -0.39 is 22.9 Å². The van der Waals surface area contributed by atoms with Crippen molar-refractivity contribution in [1.29, 1.82) is 0 Å². The smallest absolute Gasteiger partial charge is 0.319 e. The van der Waals surface area contributed by atoms with E-state index in [1.807, 2.05) is 0 Å². The first kappa shape index (κ1) is 19.7. The highest BCUT2D eigenvalue weighted by molar-refractivity contribution is 6.36. The summed E-state index contributed by atoms with van der Waals surface area (Å²) >= 11 is 12.5. The Balaban J connectivity index is 2.00. The lowest BCUT2D eigenvalue weighted by atomic mass is 9.94. The van der Waals surface area contributed by atoms with Gasteiger partial charge in [-0.2, -0.15) is 0 Å². The van der Waals surface area contributed by atoms with Crippen LogP contribution in [-0.2, 0) is 4.79 Å². The van der Waals surface area contributed by atoms with Gasteiger partial charge >= 0.3 is 6.03 Å². The average Bonchev–Trinajstić information content (AvgIpc) is 2.61. The molecule has 8 nitrogen and oxygen atoms in total. The van der Waals surface area contributed by atoms with Crippen LogP contribution in [0.1, 0.15) is 18.5 Å². The predicted molar refractivity (Wildman–Crippen MR) is 105 cm³/mol. The molecule has 2 aromatic carbocycles. The Kier molecular flexibility index (Phi) is 5.53. The van der Waals surface area contributed by atoms with Crippen LogP contribution in [0.5, 0.6) is 0 Å². The Morgan fingerprint density at radius 2 is 1.82 bits per heavy atom. The van der Waals surface area contributed by atoms with Crippen LogP contribution in [0.4, 0.5) is 16.2 Å². The SMILES string of the molecule is CC1=C(C(=O)Nc2cccc([N+](=O)[O-])c2)[C@@H](c2c(Cl)cccc2Cl)NC(=O)N1. The van der Waals surface area contributed by atoms with Gasteiger partial charge in [0, 0.05) is 39.1 Å². The topological polar surface area (TPSA) is 113 Å². The molecule has 144 valence electrons. The summed E-state index contributed by atoms with van der Waals surface area (Å²) in [5.41, 5.74) is 0.947. The van der Waals surface area contributed by atoms with E-state index in [1.54, 1.807) is 25.1 Å². The van der Waals surface area contributed by atoms with Gasteiger partial charge in [-0.15, -0.1) is 0 Å². The van der Waals surface area contributed by atoms with Crippen LogP contribution in [0, 0.1) is 10.1 Å². The molecule has 0 aliphatic carbocycles. The second-order valence-corrected chi connectivity index (χ2v) is 6.78. The average molecular weight is 421 g/mol. The van der Waals surface area contributed by atoms with E-state index in [4.69, 9.17) is 23.2 Å². The number of nitrogens with zero attached hydrogens (tertiary/aromatic N) is 1. The third-order valence-corrected chi connectivity index (χ3v) is 4.78. The standard InChI is InChI=1S/C18H14Cl2N4O4/c1-9-14(17(25)22-10-4-2-5-11(8-10)24(27)28)16(23-18(26)21-9)15-12(19)6-3-7-13(15)20/h2-8,16H,1H3,(H,22,25)(H2,21,23,26)/t16-/m0/s1. The maximum Gasteiger partial charge on any atom is 0.319 e. The second kappa shape index (κ2) is 7.87. The van der Waals surface area contributed by atoms with Crippen molar-refractivity contribution in [3.63, 3.8) is 0 Å². The molecule has 0 aromatic heterocycles. The lowest BCUT2D eigenvalue weighted by Gasteiger charge is -2.29. The molecule has 3 amide bonds. The first-order valence-electron chi connectivity index (χ1n) is 8.06. The molecule has 0 unspecified atom stereocenters. The van der Waals surface area contributed by atoms with Crippen LogP contribution < -0.4 is 16.0 Å². The van der Waals surface area contributed by atoms with E-state index in [1.165, 1.54) is 24.3 Å². The molecule has 2 aromatic rings. The fourth-order valence-corrected chi connectivity index (χ4v) is 3.51. The van der Waals surface area contributed by atoms with Crippen LogP contribution in [0.3, 0.4) is 0 Å². The zero-order valence-corrected chi connectivity index (χ0v) is 16.0. The minimum Gasteiger partial charge on any atom is -0.327 e. The van der Waals surface area contributed by atoms with Crippen LogP contribution in [0.2, 0.25) is 10.0 Å². The van der Waals surface area contributed by atoms with Crippen LogP contribution in [0.25, 0.3) is 0 Å². The van der Waals surface area contributed by atoms with E-state index in [-0.39, 0.29) is 27.0 Å². The van der Waals surface area contributed by atoms with Gasteiger partial charge in [-0.25, -0.2) is 4.79 Å². The maximum atomic E-state index is 13.0. The van der Waals surface area contributed by atoms with Crippen molar-refractivity contribution >= 4 is 46.5 Å². The Bertz CT molecular complexity index is 1000. The molecule has 0 saturated heterocycles. The number of benzene rings is 2. The van der Waals surface area contributed by atoms with Crippen molar-refractivity contribution in [1.82, 2.24) is 10.6 Å². The molecule has 1 aliphatic rings. The molecule has 0 radical (unpaired) electrons. The number of amides is 3. The maximum absolute atomic E-state index is 13.0. The molecular weight excluding hydrogens is 407 g/mol. The highest BCUT2D eigenvalue weighted by Crippen LogP contribution is 2.36. The summed E-state index contributed by atoms with van der Waals surface area (Å²) in [5.74, 6) is -0.563. The molecule has 0 saturated carbocycles. The fourth-order valence-electron chi connectivity index (χ4n) is 2.89. The number of nitrogens with one attached hydrogen (secondary N) is 3. The normalized spacial score (nSPS) is 16.2. The number of urea groups is 1. The number of carbonyl (C=O) groups is 2. The molecule has 0 bridgehead atoms. The van der Waals surface area contributed by atoms with Crippen molar-refractivity contribution in [2.75, 3.05) is 5.32 Å². The number of anilines is 1. The van der Waals surface area contributed by atoms with Crippen molar-refractivity contribution in [3.8, 4) is 0 Å². The van der Waals surface area contributed by atoms with E-state index in [9.17, 15) is 19.7 Å². The lowest BCUT2D eigenvalue weighted by Crippen LogP contribution is -2.46. The number of nitro benzene ring substituents is 1. The van der Waals surface area contributed by atoms with Gasteiger partial charge in [0.15, 0.2) is 0 Å². The molecule has 0 spiro atoms. The van der Waals surface area contributed by atoms with Gasteiger partial charge in [0.2, 0.25) is 0 Å². The molecule has 1 heterocycles. The summed E-state index contributed by atoms with van der Waals surface area (Å²) in [6, 6.07) is 8.97. The molecule has 10 heteroatoms. The monoisotopic (exact) mass is 420 g/mol. The summed E-state index contributed by atoms with van der Waals surface area (Å²) in [7, 11) is 0. The quantitative estimate of drug-likeness (QED) is 0.508. The first-order chi connectivity index (χ1) is 13.3. The molecule has 0 fully saturated rings. The van der Waals surface area contributed by atoms with Gasteiger partial charge in [-0.3, -0.25) is 14.9 Å². The number of non-ortho nitro benzene ring substituents is 1. The molecule has 1 aliphatic heterocycles. The van der Waals surface area contributed by atoms with Crippen molar-refractivity contribution in [3.05, 3.63) is 79.5 Å². The van der Waals surface area contributed by atoms with E-state index in [2.05, 4.69) is 16.0 Å². The summed E-state index contributed by atoms with van der Waals surface area (Å²) in [6.45, 7) is 1.57. The van der Waals surface area contributed by atoms with Crippen LogP contribution in [0.15, 0.2) is 53.7 Å². The number of hydrogen-bond acceptors (Lipinski definition) is 4. The largest absolute Gasteiger partial charge is 0.327 e. The van der Waals surface area contributed by atoms with Gasteiger partial charge in [-0.05, 0) is 25.1 Å². The van der Waals surface area contributed by atoms with Gasteiger partial charge in [0.25, 0.3) is 11.6 Å². The zero-order chi connectivity index (χ0) is 20.4. The summed E-state index contributed by atoms with van der Waals surface area (Å²) < 4.78 is 0. The Hall–Kier alpha value is -3.10. The predicted octanol–water partition coefficient (Wildman–Crippen LogP) is 4.17. The Morgan fingerprint density at radius 3 is 2.46 bits per heavy atom. The highest BCUT2D eigenvalue weighted by Gasteiger charge is 2.33. The van der Waals surface area contributed by atoms with E-state index in [0.29, 0.717) is 11.3 Å². The van der Waals surface area contributed by atoms with E-state index >= 15 is 0 Å². The summed E-state index contributed by atoms with van der Waals surface area (Å²) in [6.07, 6.45) is 0. The Morgan fingerprint density at radius 1 is 1.18 bits per heavy atom. The lowest BCUT2D eigenvalue weighted by molar-refractivity contribution is -0.384. The van der Waals surface area contributed by atoms with Gasteiger partial charge in [0.05, 0.1) is 16.5 Å². The molecule has 1 atom stereocenters. The summed E-state index contributed by atoms with van der Waals surface area (Å²) in [4.78, 5) is 35.3. The summed E-state index contributed by atoms with van der Waals surface area (Å²) in [5, 5.41) is 19.3. The third kappa shape index (κ3) is 3.92. The van der Waals surface area contributed by atoms with Gasteiger partial charge in [0.1, 0.15) is 0 Å². The number of hydrogen-bond donors (Lipinski definition) is 3. The van der Waals surface area contributed by atoms with Crippen molar-refractivity contribution in [2.24, 2.45) is 0 Å². The van der Waals surface area contributed by atoms with Crippen LogP contribution >= 0.6 is 23.2 Å². The Labute approximate surface area is 169 Å². The molecular formula is C18H14Cl2N4O4. The van der Waals surface area contributed by atoms with E-state index in [0.717, 1.165) is 0 Å². The number of rotatable bonds is 4. The number of allylic oxidation sites excluding steroid dienone is 1. The molecule has 3 rings (SSSR count). The van der Waals surface area contributed by atoms with Gasteiger partial charge < -0.3 is 16.0 Å². The minimum atomic E-state index is -0.895.